The Hall–Kier alpha value is -3.30. The van der Waals surface area contributed by atoms with E-state index in [1.807, 2.05) is 24.4 Å². The zero-order valence-electron chi connectivity index (χ0n) is 19.1. The molecule has 1 aromatic heterocycles. The average molecular weight is 423 g/mol. The summed E-state index contributed by atoms with van der Waals surface area (Å²) in [5, 5.41) is 12.5. The Morgan fingerprint density at radius 1 is 1.00 bits per heavy atom. The first-order valence-electron chi connectivity index (χ1n) is 11.3. The van der Waals surface area contributed by atoms with E-state index < -0.39 is 11.6 Å². The van der Waals surface area contributed by atoms with Crippen LogP contribution in [0.2, 0.25) is 0 Å². The molecule has 2 heterocycles. The van der Waals surface area contributed by atoms with Crippen molar-refractivity contribution in [3.05, 3.63) is 95.8 Å². The smallest absolute Gasteiger partial charge is 0.0836 e. The van der Waals surface area contributed by atoms with Crippen molar-refractivity contribution in [2.75, 3.05) is 4.90 Å². The van der Waals surface area contributed by atoms with Crippen LogP contribution in [0.15, 0.2) is 79.1 Å². The van der Waals surface area contributed by atoms with E-state index in [9.17, 15) is 5.11 Å². The van der Waals surface area contributed by atoms with Crippen LogP contribution in [0, 0.1) is 6.92 Å². The molecule has 5 rings (SSSR count). The summed E-state index contributed by atoms with van der Waals surface area (Å²) in [7, 11) is 0. The molecule has 0 saturated carbocycles. The molecule has 3 heteroatoms. The largest absolute Gasteiger partial charge is 0.390 e. The average Bonchev–Trinajstić information content (AvgIpc) is 3.27. The fraction of sp³-hybridized carbons (Fsp3) is 0.241. The third kappa shape index (κ3) is 3.25. The Kier molecular flexibility index (Phi) is 4.94. The number of hydrogen-bond donors (Lipinski definition) is 2. The molecule has 0 saturated heterocycles. The van der Waals surface area contributed by atoms with Crippen LogP contribution in [0.1, 0.15) is 43.4 Å². The van der Waals surface area contributed by atoms with Crippen molar-refractivity contribution >= 4 is 22.7 Å². The number of para-hydroxylation sites is 1. The van der Waals surface area contributed by atoms with E-state index in [-0.39, 0.29) is 5.92 Å². The quantitative estimate of drug-likeness (QED) is 0.378. The second-order valence-electron chi connectivity index (χ2n) is 9.46. The first kappa shape index (κ1) is 20.6. The summed E-state index contributed by atoms with van der Waals surface area (Å²) in [6.07, 6.45) is 5.75. The number of anilines is 1. The third-order valence-corrected chi connectivity index (χ3v) is 6.99. The van der Waals surface area contributed by atoms with Crippen LogP contribution in [0.5, 0.6) is 0 Å². The zero-order valence-corrected chi connectivity index (χ0v) is 19.1. The van der Waals surface area contributed by atoms with E-state index in [0.717, 1.165) is 11.1 Å². The summed E-state index contributed by atoms with van der Waals surface area (Å²) in [6.45, 7) is 8.57. The number of nitrogens with one attached hydrogen (secondary N) is 1. The van der Waals surface area contributed by atoms with Crippen molar-refractivity contribution in [1.29, 1.82) is 0 Å². The number of aryl methyl sites for hydroxylation is 1. The number of aliphatic hydroxyl groups excluding tert-OH is 1. The van der Waals surface area contributed by atoms with Crippen molar-refractivity contribution in [3.63, 3.8) is 0 Å². The van der Waals surface area contributed by atoms with E-state index in [0.29, 0.717) is 0 Å². The fourth-order valence-corrected chi connectivity index (χ4v) is 5.17. The van der Waals surface area contributed by atoms with Crippen LogP contribution in [0.4, 0.5) is 5.69 Å². The van der Waals surface area contributed by atoms with Gasteiger partial charge in [-0.1, -0.05) is 55.5 Å². The van der Waals surface area contributed by atoms with Crippen molar-refractivity contribution in [3.8, 4) is 11.1 Å². The highest BCUT2D eigenvalue weighted by Crippen LogP contribution is 2.47. The molecule has 2 atom stereocenters. The van der Waals surface area contributed by atoms with E-state index in [1.165, 1.54) is 33.3 Å². The van der Waals surface area contributed by atoms with Gasteiger partial charge in [0.1, 0.15) is 0 Å². The van der Waals surface area contributed by atoms with Crippen LogP contribution in [0.3, 0.4) is 0 Å². The number of rotatable bonds is 3. The van der Waals surface area contributed by atoms with Crippen molar-refractivity contribution in [1.82, 2.24) is 4.98 Å². The van der Waals surface area contributed by atoms with Gasteiger partial charge in [-0.15, -0.1) is 0 Å². The Balaban J connectivity index is 1.67. The maximum absolute atomic E-state index is 11.3. The van der Waals surface area contributed by atoms with E-state index in [1.54, 1.807) is 0 Å². The van der Waals surface area contributed by atoms with Crippen LogP contribution in [0.25, 0.3) is 28.1 Å². The Morgan fingerprint density at radius 3 is 2.56 bits per heavy atom. The topological polar surface area (TPSA) is 39.3 Å². The first-order chi connectivity index (χ1) is 15.4. The highest BCUT2D eigenvalue weighted by Gasteiger charge is 2.44. The van der Waals surface area contributed by atoms with Gasteiger partial charge in [0.25, 0.3) is 0 Å². The maximum Gasteiger partial charge on any atom is 0.0836 e. The molecule has 2 N–H and O–H groups in total. The first-order valence-corrected chi connectivity index (χ1v) is 11.3. The van der Waals surface area contributed by atoms with Crippen molar-refractivity contribution < 1.29 is 5.11 Å². The molecule has 0 bridgehead atoms. The molecule has 162 valence electrons. The molecular formula is C29H30N2O. The SMILES string of the molecule is Cc1cc(-c2cccc3cc[nH]c23)cc2c1N(/C=C/c1ccccc1)C(C)(C)[C@@H](O)[C@@H]2C. The van der Waals surface area contributed by atoms with Gasteiger partial charge in [0.15, 0.2) is 0 Å². The van der Waals surface area contributed by atoms with E-state index in [2.05, 4.69) is 98.4 Å². The number of nitrogens with zero attached hydrogens (tertiary/aromatic N) is 1. The maximum atomic E-state index is 11.3. The number of aliphatic hydroxyl groups is 1. The van der Waals surface area contributed by atoms with Gasteiger partial charge in [0, 0.05) is 29.6 Å². The zero-order chi connectivity index (χ0) is 22.5. The molecule has 32 heavy (non-hydrogen) atoms. The Bertz CT molecular complexity index is 1300. The highest BCUT2D eigenvalue weighted by molar-refractivity contribution is 5.95. The molecule has 3 aromatic carbocycles. The lowest BCUT2D eigenvalue weighted by Crippen LogP contribution is -2.55. The number of fused-ring (bicyclic) bond motifs is 2. The lowest BCUT2D eigenvalue weighted by molar-refractivity contribution is 0.0747. The summed E-state index contributed by atoms with van der Waals surface area (Å²) in [5.74, 6) is 0.0304. The minimum atomic E-state index is -0.494. The minimum Gasteiger partial charge on any atom is -0.390 e. The second-order valence-corrected chi connectivity index (χ2v) is 9.46. The molecule has 0 fully saturated rings. The van der Waals surface area contributed by atoms with Crippen LogP contribution in [-0.4, -0.2) is 21.7 Å². The molecule has 3 nitrogen and oxygen atoms in total. The lowest BCUT2D eigenvalue weighted by atomic mass is 9.75. The standard InChI is InChI=1S/C29H30N2O/c1-19-17-23(24-12-8-11-22-13-15-30-26(22)24)18-25-20(2)28(32)29(3,4)31(27(19)25)16-14-21-9-6-5-7-10-21/h5-18,20,28,30,32H,1-4H3/b16-14+/t20-,28+/m1/s1. The number of benzene rings is 3. The summed E-state index contributed by atoms with van der Waals surface area (Å²) >= 11 is 0. The van der Waals surface area contributed by atoms with E-state index in [4.69, 9.17) is 0 Å². The second kappa shape index (κ2) is 7.68. The summed E-state index contributed by atoms with van der Waals surface area (Å²) in [6, 6.07) is 23.4. The Labute approximate surface area is 190 Å². The summed E-state index contributed by atoms with van der Waals surface area (Å²) in [4.78, 5) is 5.65. The van der Waals surface area contributed by atoms with Gasteiger partial charge in [-0.2, -0.15) is 0 Å². The van der Waals surface area contributed by atoms with Gasteiger partial charge >= 0.3 is 0 Å². The van der Waals surface area contributed by atoms with Crippen LogP contribution >= 0.6 is 0 Å². The molecule has 0 spiro atoms. The highest BCUT2D eigenvalue weighted by atomic mass is 16.3. The molecule has 1 aliphatic heterocycles. The number of H-pyrrole nitrogens is 1. The number of aromatic nitrogens is 1. The fourth-order valence-electron chi connectivity index (χ4n) is 5.17. The molecular weight excluding hydrogens is 392 g/mol. The van der Waals surface area contributed by atoms with Gasteiger partial charge in [-0.25, -0.2) is 0 Å². The minimum absolute atomic E-state index is 0.0304. The van der Waals surface area contributed by atoms with Gasteiger partial charge in [-0.3, -0.25) is 0 Å². The van der Waals surface area contributed by atoms with E-state index >= 15 is 0 Å². The van der Waals surface area contributed by atoms with Gasteiger partial charge in [0.05, 0.1) is 17.2 Å². The van der Waals surface area contributed by atoms with Gasteiger partial charge in [-0.05, 0) is 72.7 Å². The molecule has 0 unspecified atom stereocenters. The summed E-state index contributed by atoms with van der Waals surface area (Å²) < 4.78 is 0. The predicted molar refractivity (Wildman–Crippen MR) is 135 cm³/mol. The molecule has 1 aliphatic rings. The van der Waals surface area contributed by atoms with Crippen LogP contribution in [-0.2, 0) is 0 Å². The van der Waals surface area contributed by atoms with Crippen molar-refractivity contribution in [2.45, 2.75) is 45.3 Å². The van der Waals surface area contributed by atoms with Gasteiger partial charge < -0.3 is 15.0 Å². The molecule has 4 aromatic rings. The third-order valence-electron chi connectivity index (χ3n) is 6.99. The predicted octanol–water partition coefficient (Wildman–Crippen LogP) is 6.88. The summed E-state index contributed by atoms with van der Waals surface area (Å²) in [5.41, 5.74) is 7.84. The lowest BCUT2D eigenvalue weighted by Gasteiger charge is -2.50. The monoisotopic (exact) mass is 422 g/mol. The normalized spacial score (nSPS) is 20.1. The molecule has 0 aliphatic carbocycles. The molecule has 0 radical (unpaired) electrons. The number of hydrogen-bond acceptors (Lipinski definition) is 2. The van der Waals surface area contributed by atoms with Crippen molar-refractivity contribution in [2.24, 2.45) is 0 Å². The number of aromatic amines is 1. The van der Waals surface area contributed by atoms with Gasteiger partial charge in [0.2, 0.25) is 0 Å². The molecule has 0 amide bonds. The van der Waals surface area contributed by atoms with Crippen LogP contribution < -0.4 is 4.90 Å². The Morgan fingerprint density at radius 2 is 1.78 bits per heavy atom.